The summed E-state index contributed by atoms with van der Waals surface area (Å²) in [4.78, 5) is 10.6. The Morgan fingerprint density at radius 3 is 2.50 bits per heavy atom. The minimum atomic E-state index is -3.26. The third-order valence-electron chi connectivity index (χ3n) is 1.25. The van der Waals surface area contributed by atoms with Gasteiger partial charge in [-0.05, 0) is 6.92 Å². The summed E-state index contributed by atoms with van der Waals surface area (Å²) in [6.45, 7) is 2.24. The number of esters is 1. The maximum absolute atomic E-state index is 12.3. The first-order valence-corrected chi connectivity index (χ1v) is 3.59. The molecule has 3 nitrogen and oxygen atoms in total. The summed E-state index contributed by atoms with van der Waals surface area (Å²) in [5.74, 6) is -4.07. The molecule has 0 unspecified atom stereocenters. The van der Waals surface area contributed by atoms with Gasteiger partial charge in [0.1, 0.15) is 6.10 Å². The van der Waals surface area contributed by atoms with Crippen LogP contribution in [0.1, 0.15) is 20.3 Å². The van der Waals surface area contributed by atoms with E-state index < -0.39 is 24.4 Å². The lowest BCUT2D eigenvalue weighted by Gasteiger charge is -2.16. The molecule has 0 aliphatic heterocycles. The molecule has 0 rings (SSSR count). The predicted molar refractivity (Wildman–Crippen MR) is 37.9 cm³/mol. The lowest BCUT2D eigenvalue weighted by Crippen LogP contribution is -2.32. The van der Waals surface area contributed by atoms with Crippen molar-refractivity contribution in [2.45, 2.75) is 32.3 Å². The summed E-state index contributed by atoms with van der Waals surface area (Å²) in [6, 6.07) is 0. The van der Waals surface area contributed by atoms with Crippen molar-refractivity contribution in [3.05, 3.63) is 0 Å². The Labute approximate surface area is 69.3 Å². The fourth-order valence-corrected chi connectivity index (χ4v) is 0.557. The number of hydrogen-bond donors (Lipinski definition) is 1. The molecule has 0 saturated carbocycles. The van der Waals surface area contributed by atoms with Gasteiger partial charge in [0.25, 0.3) is 5.92 Å². The smallest absolute Gasteiger partial charge is 0.308 e. The van der Waals surface area contributed by atoms with Crippen LogP contribution in [0.15, 0.2) is 0 Å². The van der Waals surface area contributed by atoms with E-state index >= 15 is 0 Å². The fourth-order valence-electron chi connectivity index (χ4n) is 0.557. The molecule has 0 fully saturated rings. The summed E-state index contributed by atoms with van der Waals surface area (Å²) >= 11 is 0. The number of halogens is 2. The molecule has 0 saturated heterocycles. The molecule has 0 spiro atoms. The summed E-state index contributed by atoms with van der Waals surface area (Å²) in [5.41, 5.74) is 0. The van der Waals surface area contributed by atoms with Crippen LogP contribution >= 0.6 is 0 Å². The van der Waals surface area contributed by atoms with Crippen LogP contribution in [0.4, 0.5) is 8.78 Å². The van der Waals surface area contributed by atoms with Crippen LogP contribution in [0, 0.1) is 0 Å². The molecule has 0 bridgehead atoms. The van der Waals surface area contributed by atoms with Crippen molar-refractivity contribution in [2.24, 2.45) is 0 Å². The van der Waals surface area contributed by atoms with Crippen LogP contribution in [0.2, 0.25) is 0 Å². The molecule has 0 heterocycles. The van der Waals surface area contributed by atoms with Gasteiger partial charge in [-0.25, -0.2) is 8.78 Å². The van der Waals surface area contributed by atoms with E-state index in [2.05, 4.69) is 4.74 Å². The van der Waals surface area contributed by atoms with E-state index in [1.807, 2.05) is 0 Å². The summed E-state index contributed by atoms with van der Waals surface area (Å²) in [5, 5.41) is 8.73. The zero-order chi connectivity index (χ0) is 9.78. The number of rotatable bonds is 4. The van der Waals surface area contributed by atoms with Crippen LogP contribution in [0.5, 0.6) is 0 Å². The predicted octanol–water partition coefficient (Wildman–Crippen LogP) is 0.956. The molecule has 1 atom stereocenters. The molecule has 0 radical (unpaired) electrons. The van der Waals surface area contributed by atoms with E-state index in [1.165, 1.54) is 0 Å². The fraction of sp³-hybridized carbons (Fsp3) is 0.857. The topological polar surface area (TPSA) is 46.5 Å². The van der Waals surface area contributed by atoms with E-state index in [9.17, 15) is 13.6 Å². The van der Waals surface area contributed by atoms with Gasteiger partial charge in [0, 0.05) is 6.92 Å². The lowest BCUT2D eigenvalue weighted by molar-refractivity contribution is -0.153. The molecule has 12 heavy (non-hydrogen) atoms. The van der Waals surface area contributed by atoms with Crippen molar-refractivity contribution in [1.82, 2.24) is 0 Å². The minimum Gasteiger partial charge on any atom is -0.466 e. The van der Waals surface area contributed by atoms with E-state index in [1.54, 1.807) is 6.92 Å². The molecule has 1 N–H and O–H groups in total. The molecule has 0 aliphatic carbocycles. The number of hydrogen-bond acceptors (Lipinski definition) is 3. The van der Waals surface area contributed by atoms with Crippen LogP contribution in [0.25, 0.3) is 0 Å². The molecule has 0 aromatic rings. The number of ether oxygens (including phenoxy) is 1. The van der Waals surface area contributed by atoms with Crippen LogP contribution in [0.3, 0.4) is 0 Å². The molecule has 0 aromatic carbocycles. The quantitative estimate of drug-likeness (QED) is 0.658. The van der Waals surface area contributed by atoms with Crippen LogP contribution in [-0.4, -0.2) is 29.7 Å². The second-order valence-electron chi connectivity index (χ2n) is 2.48. The van der Waals surface area contributed by atoms with Crippen molar-refractivity contribution in [2.75, 3.05) is 6.61 Å². The third-order valence-corrected chi connectivity index (χ3v) is 1.25. The summed E-state index contributed by atoms with van der Waals surface area (Å²) < 4.78 is 28.9. The van der Waals surface area contributed by atoms with Crippen molar-refractivity contribution in [3.8, 4) is 0 Å². The van der Waals surface area contributed by atoms with Gasteiger partial charge >= 0.3 is 5.97 Å². The van der Waals surface area contributed by atoms with Gasteiger partial charge in [-0.1, -0.05) is 0 Å². The monoisotopic (exact) mass is 182 g/mol. The first-order valence-electron chi connectivity index (χ1n) is 3.59. The third kappa shape index (κ3) is 4.23. The van der Waals surface area contributed by atoms with Gasteiger partial charge in [0.05, 0.1) is 13.0 Å². The Morgan fingerprint density at radius 1 is 1.67 bits per heavy atom. The number of aliphatic hydroxyl groups excluding tert-OH is 1. The highest BCUT2D eigenvalue weighted by Crippen LogP contribution is 2.19. The van der Waals surface area contributed by atoms with E-state index in [0.29, 0.717) is 6.92 Å². The highest BCUT2D eigenvalue weighted by atomic mass is 19.3. The zero-order valence-electron chi connectivity index (χ0n) is 7.01. The SMILES string of the molecule is CCOC(=O)C[C@H](O)C(C)(F)F. The Hall–Kier alpha value is -0.710. The Morgan fingerprint density at radius 2 is 2.17 bits per heavy atom. The van der Waals surface area contributed by atoms with Crippen LogP contribution < -0.4 is 0 Å². The van der Waals surface area contributed by atoms with Crippen LogP contribution in [-0.2, 0) is 9.53 Å². The number of carbonyl (C=O) groups is 1. The average molecular weight is 182 g/mol. The second-order valence-corrected chi connectivity index (χ2v) is 2.48. The standard InChI is InChI=1S/C7H12F2O3/c1-3-12-6(11)4-5(10)7(2,8)9/h5,10H,3-4H2,1-2H3/t5-/m0/s1. The van der Waals surface area contributed by atoms with Gasteiger partial charge in [-0.3, -0.25) is 4.79 Å². The lowest BCUT2D eigenvalue weighted by atomic mass is 10.1. The molecule has 0 aliphatic rings. The largest absolute Gasteiger partial charge is 0.466 e. The van der Waals surface area contributed by atoms with Crippen molar-refractivity contribution >= 4 is 5.97 Å². The summed E-state index contributed by atoms with van der Waals surface area (Å²) in [6.07, 6.45) is -2.63. The van der Waals surface area contributed by atoms with Gasteiger partial charge in [-0.15, -0.1) is 0 Å². The van der Waals surface area contributed by atoms with Gasteiger partial charge in [-0.2, -0.15) is 0 Å². The minimum absolute atomic E-state index is 0.126. The molecule has 5 heteroatoms. The Kier molecular flexibility index (Phi) is 4.09. The zero-order valence-corrected chi connectivity index (χ0v) is 7.01. The van der Waals surface area contributed by atoms with E-state index in [0.717, 1.165) is 0 Å². The summed E-state index contributed by atoms with van der Waals surface area (Å²) in [7, 11) is 0. The normalized spacial score (nSPS) is 14.1. The highest BCUT2D eigenvalue weighted by Gasteiger charge is 2.34. The van der Waals surface area contributed by atoms with E-state index in [4.69, 9.17) is 5.11 Å². The van der Waals surface area contributed by atoms with Gasteiger partial charge in [0.2, 0.25) is 0 Å². The number of carbonyl (C=O) groups excluding carboxylic acids is 1. The number of aliphatic hydroxyl groups is 1. The molecular weight excluding hydrogens is 170 g/mol. The maximum atomic E-state index is 12.3. The maximum Gasteiger partial charge on any atom is 0.308 e. The highest BCUT2D eigenvalue weighted by molar-refractivity contribution is 5.70. The molecule has 0 aromatic heterocycles. The van der Waals surface area contributed by atoms with E-state index in [-0.39, 0.29) is 6.61 Å². The second kappa shape index (κ2) is 4.35. The molecular formula is C7H12F2O3. The van der Waals surface area contributed by atoms with Crippen molar-refractivity contribution < 1.29 is 23.4 Å². The Bertz CT molecular complexity index is 153. The number of alkyl halides is 2. The Balaban J connectivity index is 3.84. The average Bonchev–Trinajstić information content (AvgIpc) is 1.85. The first kappa shape index (κ1) is 11.3. The molecule has 72 valence electrons. The molecule has 0 amide bonds. The van der Waals surface area contributed by atoms with Crippen molar-refractivity contribution in [1.29, 1.82) is 0 Å². The van der Waals surface area contributed by atoms with Gasteiger partial charge in [0.15, 0.2) is 0 Å². The van der Waals surface area contributed by atoms with Gasteiger partial charge < -0.3 is 9.84 Å². The van der Waals surface area contributed by atoms with Crippen molar-refractivity contribution in [3.63, 3.8) is 0 Å². The first-order chi connectivity index (χ1) is 5.38.